The molecule has 1 aromatic carbocycles. The Balaban J connectivity index is 2.93. The monoisotopic (exact) mass is 289 g/mol. The van der Waals surface area contributed by atoms with E-state index in [4.69, 9.17) is 5.11 Å². The Hall–Kier alpha value is -1.47. The highest BCUT2D eigenvalue weighted by molar-refractivity contribution is 7.89. The summed E-state index contributed by atoms with van der Waals surface area (Å²) >= 11 is 0. The molecule has 1 unspecified atom stereocenters. The lowest BCUT2D eigenvalue weighted by atomic mass is 10.0. The van der Waals surface area contributed by atoms with Crippen LogP contribution in [0.2, 0.25) is 0 Å². The Kier molecular flexibility index (Phi) is 5.02. The molecule has 0 aliphatic heterocycles. The zero-order valence-electron chi connectivity index (χ0n) is 10.6. The van der Waals surface area contributed by atoms with E-state index in [1.807, 2.05) is 0 Å². The summed E-state index contributed by atoms with van der Waals surface area (Å²) in [5, 5.41) is 8.75. The Bertz CT molecular complexity index is 539. The van der Waals surface area contributed by atoms with E-state index in [2.05, 4.69) is 4.72 Å². The number of nitrogens with one attached hydrogen (secondary N) is 1. The summed E-state index contributed by atoms with van der Waals surface area (Å²) in [7, 11) is -3.85. The maximum absolute atomic E-state index is 12.7. The maximum atomic E-state index is 12.7. The van der Waals surface area contributed by atoms with Crippen LogP contribution < -0.4 is 4.72 Å². The van der Waals surface area contributed by atoms with Crippen LogP contribution in [0.15, 0.2) is 29.2 Å². The zero-order chi connectivity index (χ0) is 14.6. The minimum Gasteiger partial charge on any atom is -0.481 e. The van der Waals surface area contributed by atoms with Gasteiger partial charge < -0.3 is 5.11 Å². The van der Waals surface area contributed by atoms with Crippen molar-refractivity contribution in [3.05, 3.63) is 30.1 Å². The van der Waals surface area contributed by atoms with Gasteiger partial charge in [0.1, 0.15) is 5.82 Å². The van der Waals surface area contributed by atoms with Gasteiger partial charge in [0.2, 0.25) is 10.0 Å². The highest BCUT2D eigenvalue weighted by Gasteiger charge is 2.24. The first-order valence-electron chi connectivity index (χ1n) is 5.72. The van der Waals surface area contributed by atoms with E-state index in [1.54, 1.807) is 13.8 Å². The molecule has 5 nitrogen and oxygen atoms in total. The SMILES string of the molecule is CC(C)C(CC(=O)O)NS(=O)(=O)c1ccc(F)cc1. The van der Waals surface area contributed by atoms with Crippen molar-refractivity contribution in [3.8, 4) is 0 Å². The minimum atomic E-state index is -3.85. The number of hydrogen-bond donors (Lipinski definition) is 2. The predicted octanol–water partition coefficient (Wildman–Crippen LogP) is 1.60. The highest BCUT2D eigenvalue weighted by Crippen LogP contribution is 2.14. The number of rotatable bonds is 6. The van der Waals surface area contributed by atoms with Crippen molar-refractivity contribution in [2.24, 2.45) is 5.92 Å². The Morgan fingerprint density at radius 2 is 1.84 bits per heavy atom. The number of hydrogen-bond acceptors (Lipinski definition) is 3. The molecule has 0 spiro atoms. The largest absolute Gasteiger partial charge is 0.481 e. The van der Waals surface area contributed by atoms with Gasteiger partial charge in [0.15, 0.2) is 0 Å². The average Bonchev–Trinajstić information content (AvgIpc) is 2.27. The molecule has 7 heteroatoms. The lowest BCUT2D eigenvalue weighted by Crippen LogP contribution is -2.40. The fourth-order valence-electron chi connectivity index (χ4n) is 1.48. The van der Waals surface area contributed by atoms with Crippen LogP contribution in [-0.4, -0.2) is 25.5 Å². The quantitative estimate of drug-likeness (QED) is 0.833. The number of sulfonamides is 1. The third-order valence-corrected chi connectivity index (χ3v) is 4.14. The van der Waals surface area contributed by atoms with Crippen LogP contribution in [0, 0.1) is 11.7 Å². The third-order valence-electron chi connectivity index (χ3n) is 2.63. The molecule has 0 fully saturated rings. The molecule has 0 aliphatic carbocycles. The number of aliphatic carboxylic acids is 1. The first kappa shape index (κ1) is 15.6. The van der Waals surface area contributed by atoms with E-state index >= 15 is 0 Å². The number of halogens is 1. The molecule has 2 N–H and O–H groups in total. The van der Waals surface area contributed by atoms with Crippen LogP contribution in [0.1, 0.15) is 20.3 Å². The second-order valence-electron chi connectivity index (χ2n) is 4.52. The zero-order valence-corrected chi connectivity index (χ0v) is 11.4. The topological polar surface area (TPSA) is 83.5 Å². The van der Waals surface area contributed by atoms with Crippen molar-refractivity contribution in [3.63, 3.8) is 0 Å². The van der Waals surface area contributed by atoms with Crippen LogP contribution in [0.4, 0.5) is 4.39 Å². The second kappa shape index (κ2) is 6.12. The van der Waals surface area contributed by atoms with Crippen molar-refractivity contribution >= 4 is 16.0 Å². The molecule has 1 atom stereocenters. The highest BCUT2D eigenvalue weighted by atomic mass is 32.2. The number of carbonyl (C=O) groups is 1. The molecule has 1 rings (SSSR count). The molecule has 0 bridgehead atoms. The number of benzene rings is 1. The molecule has 0 amide bonds. The van der Waals surface area contributed by atoms with E-state index in [-0.39, 0.29) is 17.2 Å². The summed E-state index contributed by atoms with van der Waals surface area (Å²) in [6, 6.07) is 3.63. The molecule has 1 aromatic rings. The molecule has 0 aliphatic rings. The minimum absolute atomic E-state index is 0.0926. The van der Waals surface area contributed by atoms with Crippen molar-refractivity contribution in [2.45, 2.75) is 31.2 Å². The van der Waals surface area contributed by atoms with E-state index < -0.39 is 27.9 Å². The molecular weight excluding hydrogens is 273 g/mol. The second-order valence-corrected chi connectivity index (χ2v) is 6.24. The molecule has 0 radical (unpaired) electrons. The van der Waals surface area contributed by atoms with Gasteiger partial charge in [-0.2, -0.15) is 0 Å². The Morgan fingerprint density at radius 3 is 2.26 bits per heavy atom. The number of carboxylic acids is 1. The van der Waals surface area contributed by atoms with E-state index in [0.717, 1.165) is 24.3 Å². The van der Waals surface area contributed by atoms with Gasteiger partial charge in [-0.05, 0) is 30.2 Å². The lowest BCUT2D eigenvalue weighted by Gasteiger charge is -2.20. The van der Waals surface area contributed by atoms with E-state index in [9.17, 15) is 17.6 Å². The summed E-state index contributed by atoms with van der Waals surface area (Å²) in [5.41, 5.74) is 0. The van der Waals surface area contributed by atoms with Gasteiger partial charge in [-0.15, -0.1) is 0 Å². The summed E-state index contributed by atoms with van der Waals surface area (Å²) in [6.45, 7) is 3.45. The standard InChI is InChI=1S/C12H16FNO4S/c1-8(2)11(7-12(15)16)14-19(17,18)10-5-3-9(13)4-6-10/h3-6,8,11,14H,7H2,1-2H3,(H,15,16). The molecule has 106 valence electrons. The lowest BCUT2D eigenvalue weighted by molar-refractivity contribution is -0.137. The van der Waals surface area contributed by atoms with Crippen molar-refractivity contribution in [1.82, 2.24) is 4.72 Å². The summed E-state index contributed by atoms with van der Waals surface area (Å²) in [5.74, 6) is -1.79. The average molecular weight is 289 g/mol. The van der Waals surface area contributed by atoms with Crippen molar-refractivity contribution < 1.29 is 22.7 Å². The van der Waals surface area contributed by atoms with Crippen molar-refractivity contribution in [1.29, 1.82) is 0 Å². The first-order chi connectivity index (χ1) is 8.72. The maximum Gasteiger partial charge on any atom is 0.304 e. The van der Waals surface area contributed by atoms with Crippen LogP contribution in [-0.2, 0) is 14.8 Å². The molecule has 0 saturated heterocycles. The van der Waals surface area contributed by atoms with Gasteiger partial charge in [-0.3, -0.25) is 4.79 Å². The van der Waals surface area contributed by atoms with Crippen LogP contribution in [0.5, 0.6) is 0 Å². The molecule has 0 saturated carbocycles. The smallest absolute Gasteiger partial charge is 0.304 e. The molecule has 0 aromatic heterocycles. The van der Waals surface area contributed by atoms with Gasteiger partial charge in [0, 0.05) is 6.04 Å². The van der Waals surface area contributed by atoms with Gasteiger partial charge in [0.25, 0.3) is 0 Å². The fraction of sp³-hybridized carbons (Fsp3) is 0.417. The summed E-state index contributed by atoms with van der Waals surface area (Å²) < 4.78 is 39.1. The fourth-order valence-corrected chi connectivity index (χ4v) is 2.87. The van der Waals surface area contributed by atoms with E-state index in [1.165, 1.54) is 0 Å². The summed E-state index contributed by atoms with van der Waals surface area (Å²) in [4.78, 5) is 10.6. The normalized spacial score (nSPS) is 13.5. The predicted molar refractivity (Wildman–Crippen MR) is 67.6 cm³/mol. The van der Waals surface area contributed by atoms with Gasteiger partial charge >= 0.3 is 5.97 Å². The Labute approximate surface area is 111 Å². The van der Waals surface area contributed by atoms with Gasteiger partial charge in [-0.25, -0.2) is 17.5 Å². The van der Waals surface area contributed by atoms with Crippen molar-refractivity contribution in [2.75, 3.05) is 0 Å². The first-order valence-corrected chi connectivity index (χ1v) is 7.20. The number of carboxylic acid groups (broad SMARTS) is 1. The molecular formula is C12H16FNO4S. The van der Waals surface area contributed by atoms with Gasteiger partial charge in [-0.1, -0.05) is 13.8 Å². The summed E-state index contributed by atoms with van der Waals surface area (Å²) in [6.07, 6.45) is -0.307. The van der Waals surface area contributed by atoms with Crippen LogP contribution >= 0.6 is 0 Å². The van der Waals surface area contributed by atoms with E-state index in [0.29, 0.717) is 0 Å². The van der Waals surface area contributed by atoms with Crippen LogP contribution in [0.3, 0.4) is 0 Å². The molecule has 0 heterocycles. The third kappa shape index (κ3) is 4.60. The van der Waals surface area contributed by atoms with Crippen LogP contribution in [0.25, 0.3) is 0 Å². The molecule has 19 heavy (non-hydrogen) atoms. The Morgan fingerprint density at radius 1 is 1.32 bits per heavy atom. The van der Waals surface area contributed by atoms with Gasteiger partial charge in [0.05, 0.1) is 11.3 Å².